The predicted octanol–water partition coefficient (Wildman–Crippen LogP) is 0.0564. The maximum absolute atomic E-state index is 11.3. The molecule has 0 saturated carbocycles. The van der Waals surface area contributed by atoms with Gasteiger partial charge in [0.25, 0.3) is 0 Å². The van der Waals surface area contributed by atoms with Crippen LogP contribution in [0.3, 0.4) is 0 Å². The minimum absolute atomic E-state index is 0.279. The zero-order valence-corrected chi connectivity index (χ0v) is 8.71. The van der Waals surface area contributed by atoms with Crippen LogP contribution in [0.25, 0.3) is 0 Å². The van der Waals surface area contributed by atoms with Crippen LogP contribution in [-0.2, 0) is 5.41 Å². The van der Waals surface area contributed by atoms with Crippen molar-refractivity contribution in [3.8, 4) is 0 Å². The Morgan fingerprint density at radius 2 is 2.07 bits per heavy atom. The van der Waals surface area contributed by atoms with Crippen LogP contribution in [0.4, 0.5) is 4.79 Å². The molecule has 0 unspecified atom stereocenters. The zero-order chi connectivity index (χ0) is 10.9. The zero-order valence-electron chi connectivity index (χ0n) is 8.71. The first-order chi connectivity index (χ1) is 6.36. The quantitative estimate of drug-likeness (QED) is 0.618. The first kappa shape index (κ1) is 10.5. The molecule has 1 aromatic rings. The molecule has 1 heterocycles. The van der Waals surface area contributed by atoms with Crippen molar-refractivity contribution >= 4 is 6.03 Å². The van der Waals surface area contributed by atoms with Crippen LogP contribution in [0.2, 0.25) is 0 Å². The fraction of sp³-hybridized carbons (Fsp3) is 0.625. The second kappa shape index (κ2) is 3.28. The van der Waals surface area contributed by atoms with Gasteiger partial charge in [-0.25, -0.2) is 9.59 Å². The summed E-state index contributed by atoms with van der Waals surface area (Å²) < 4.78 is 0.778. The molecule has 0 aromatic carbocycles. The third-order valence-electron chi connectivity index (χ3n) is 1.73. The van der Waals surface area contributed by atoms with E-state index in [4.69, 9.17) is 0 Å². The number of hydrogen-bond donors (Lipinski definition) is 2. The Balaban J connectivity index is 3.19. The SMILES string of the molecule is CNC(=O)n1nc(C(C)(C)C)[nH]c1=O. The molecule has 0 aliphatic rings. The summed E-state index contributed by atoms with van der Waals surface area (Å²) in [6.45, 7) is 5.71. The average molecular weight is 198 g/mol. The smallest absolute Gasteiger partial charge is 0.339 e. The fourth-order valence-corrected chi connectivity index (χ4v) is 0.906. The Kier molecular flexibility index (Phi) is 2.46. The number of amides is 1. The highest BCUT2D eigenvalue weighted by molar-refractivity contribution is 5.74. The second-order valence-corrected chi connectivity index (χ2v) is 4.00. The molecular formula is C8H14N4O2. The van der Waals surface area contributed by atoms with Gasteiger partial charge in [0.15, 0.2) is 0 Å². The second-order valence-electron chi connectivity index (χ2n) is 4.00. The van der Waals surface area contributed by atoms with Crippen molar-refractivity contribution in [1.82, 2.24) is 20.1 Å². The van der Waals surface area contributed by atoms with Gasteiger partial charge in [-0.05, 0) is 0 Å². The third-order valence-corrected chi connectivity index (χ3v) is 1.73. The largest absolute Gasteiger partial charge is 0.352 e. The van der Waals surface area contributed by atoms with Crippen molar-refractivity contribution in [2.45, 2.75) is 26.2 Å². The van der Waals surface area contributed by atoms with Gasteiger partial charge in [0.1, 0.15) is 5.82 Å². The third kappa shape index (κ3) is 1.84. The molecule has 1 amide bonds. The van der Waals surface area contributed by atoms with Crippen molar-refractivity contribution in [3.05, 3.63) is 16.3 Å². The molecule has 1 rings (SSSR count). The first-order valence-corrected chi connectivity index (χ1v) is 4.28. The number of nitrogens with one attached hydrogen (secondary N) is 2. The van der Waals surface area contributed by atoms with Crippen molar-refractivity contribution in [2.75, 3.05) is 7.05 Å². The summed E-state index contributed by atoms with van der Waals surface area (Å²) in [6.07, 6.45) is 0. The van der Waals surface area contributed by atoms with Crippen LogP contribution >= 0.6 is 0 Å². The molecular weight excluding hydrogens is 184 g/mol. The summed E-state index contributed by atoms with van der Waals surface area (Å²) in [5, 5.41) is 6.22. The Labute approximate surface area is 81.3 Å². The lowest BCUT2D eigenvalue weighted by Gasteiger charge is -2.12. The highest BCUT2D eigenvalue weighted by atomic mass is 16.2. The summed E-state index contributed by atoms with van der Waals surface area (Å²) in [7, 11) is 1.44. The molecule has 0 radical (unpaired) electrons. The number of aromatic nitrogens is 3. The van der Waals surface area contributed by atoms with Crippen LogP contribution in [-0.4, -0.2) is 27.8 Å². The van der Waals surface area contributed by atoms with Crippen LogP contribution < -0.4 is 11.0 Å². The summed E-state index contributed by atoms with van der Waals surface area (Å²) >= 11 is 0. The van der Waals surface area contributed by atoms with Crippen molar-refractivity contribution in [2.24, 2.45) is 0 Å². The topological polar surface area (TPSA) is 79.8 Å². The molecule has 1 aromatic heterocycles. The van der Waals surface area contributed by atoms with Gasteiger partial charge in [-0.15, -0.1) is 9.78 Å². The lowest BCUT2D eigenvalue weighted by atomic mass is 9.96. The van der Waals surface area contributed by atoms with E-state index in [1.807, 2.05) is 20.8 Å². The minimum Gasteiger partial charge on any atom is -0.339 e. The van der Waals surface area contributed by atoms with E-state index in [1.54, 1.807) is 0 Å². The molecule has 6 nitrogen and oxygen atoms in total. The van der Waals surface area contributed by atoms with Gasteiger partial charge in [-0.2, -0.15) is 0 Å². The lowest BCUT2D eigenvalue weighted by Crippen LogP contribution is -2.33. The van der Waals surface area contributed by atoms with E-state index >= 15 is 0 Å². The van der Waals surface area contributed by atoms with Crippen LogP contribution in [0.15, 0.2) is 4.79 Å². The maximum atomic E-state index is 11.3. The van der Waals surface area contributed by atoms with E-state index in [0.29, 0.717) is 5.82 Å². The molecule has 0 atom stereocenters. The van der Waals surface area contributed by atoms with Gasteiger partial charge in [-0.1, -0.05) is 20.8 Å². The van der Waals surface area contributed by atoms with E-state index < -0.39 is 11.7 Å². The highest BCUT2D eigenvalue weighted by Gasteiger charge is 2.21. The summed E-state index contributed by atoms with van der Waals surface area (Å²) in [4.78, 5) is 25.0. The maximum Gasteiger partial charge on any atom is 0.352 e. The molecule has 0 spiro atoms. The number of nitrogens with zero attached hydrogens (tertiary/aromatic N) is 2. The number of hydrogen-bond acceptors (Lipinski definition) is 3. The van der Waals surface area contributed by atoms with E-state index in [1.165, 1.54) is 7.05 Å². The summed E-state index contributed by atoms with van der Waals surface area (Å²) in [6, 6.07) is -0.540. The molecule has 0 aliphatic carbocycles. The van der Waals surface area contributed by atoms with Gasteiger partial charge < -0.3 is 5.32 Å². The number of rotatable bonds is 0. The first-order valence-electron chi connectivity index (χ1n) is 4.28. The van der Waals surface area contributed by atoms with Crippen LogP contribution in [0.5, 0.6) is 0 Å². The Bertz CT molecular complexity index is 396. The van der Waals surface area contributed by atoms with Crippen LogP contribution in [0, 0.1) is 0 Å². The number of H-pyrrole nitrogens is 1. The van der Waals surface area contributed by atoms with E-state index in [2.05, 4.69) is 15.4 Å². The molecule has 2 N–H and O–H groups in total. The Morgan fingerprint density at radius 1 is 1.50 bits per heavy atom. The van der Waals surface area contributed by atoms with Crippen molar-refractivity contribution in [3.63, 3.8) is 0 Å². The van der Waals surface area contributed by atoms with Gasteiger partial charge >= 0.3 is 11.7 Å². The fourth-order valence-electron chi connectivity index (χ4n) is 0.906. The minimum atomic E-state index is -0.540. The van der Waals surface area contributed by atoms with Gasteiger partial charge in [0.05, 0.1) is 0 Å². The average Bonchev–Trinajstić information content (AvgIpc) is 2.45. The summed E-state index contributed by atoms with van der Waals surface area (Å²) in [5.74, 6) is 0.492. The molecule has 14 heavy (non-hydrogen) atoms. The Morgan fingerprint density at radius 3 is 2.43 bits per heavy atom. The predicted molar refractivity (Wildman–Crippen MR) is 51.4 cm³/mol. The number of aromatic amines is 1. The van der Waals surface area contributed by atoms with Crippen molar-refractivity contribution in [1.29, 1.82) is 0 Å². The van der Waals surface area contributed by atoms with Gasteiger partial charge in [-0.3, -0.25) is 4.98 Å². The molecule has 0 saturated heterocycles. The van der Waals surface area contributed by atoms with Crippen molar-refractivity contribution < 1.29 is 4.79 Å². The van der Waals surface area contributed by atoms with Crippen LogP contribution in [0.1, 0.15) is 26.6 Å². The molecule has 0 fully saturated rings. The standard InChI is InChI=1S/C8H14N4O2/c1-8(2,3)5-10-7(14)12(11-5)6(13)9-4/h1-4H3,(H,9,13)(H,10,11,14). The number of carbonyl (C=O) groups excluding carboxylic acids is 1. The Hall–Kier alpha value is -1.59. The van der Waals surface area contributed by atoms with Gasteiger partial charge in [0.2, 0.25) is 0 Å². The molecule has 6 heteroatoms. The molecule has 78 valence electrons. The van der Waals surface area contributed by atoms with E-state index in [0.717, 1.165) is 4.68 Å². The van der Waals surface area contributed by atoms with E-state index in [-0.39, 0.29) is 5.41 Å². The number of carbonyl (C=O) groups is 1. The summed E-state index contributed by atoms with van der Waals surface area (Å²) in [5.41, 5.74) is -0.799. The molecule has 0 aliphatic heterocycles. The normalized spacial score (nSPS) is 11.4. The van der Waals surface area contributed by atoms with Gasteiger partial charge in [0, 0.05) is 12.5 Å². The van der Waals surface area contributed by atoms with E-state index in [9.17, 15) is 9.59 Å². The lowest BCUT2D eigenvalue weighted by molar-refractivity contribution is 0.240. The monoisotopic (exact) mass is 198 g/mol. The highest BCUT2D eigenvalue weighted by Crippen LogP contribution is 2.15. The molecule has 0 bridgehead atoms.